The van der Waals surface area contributed by atoms with Gasteiger partial charge in [0.15, 0.2) is 0 Å². The van der Waals surface area contributed by atoms with Gasteiger partial charge in [0.25, 0.3) is 0 Å². The number of aromatic hydroxyl groups is 1. The van der Waals surface area contributed by atoms with Gasteiger partial charge in [0.05, 0.1) is 6.04 Å². The van der Waals surface area contributed by atoms with E-state index in [2.05, 4.69) is 16.0 Å². The fourth-order valence-corrected chi connectivity index (χ4v) is 3.05. The van der Waals surface area contributed by atoms with E-state index in [9.17, 15) is 19.5 Å². The minimum atomic E-state index is -0.700. The summed E-state index contributed by atoms with van der Waals surface area (Å²) >= 11 is 0. The maximum absolute atomic E-state index is 12.5. The molecule has 0 radical (unpaired) electrons. The Morgan fingerprint density at radius 2 is 1.45 bits per heavy atom. The maximum atomic E-state index is 12.5. The molecule has 2 atom stereocenters. The molecule has 2 rings (SSSR count). The van der Waals surface area contributed by atoms with E-state index in [1.807, 2.05) is 30.3 Å². The number of carbonyl (C=O) groups is 3. The largest absolute Gasteiger partial charge is 0.508 e. The molecule has 0 aliphatic carbocycles. The van der Waals surface area contributed by atoms with Crippen LogP contribution in [0.15, 0.2) is 54.6 Å². The smallest absolute Gasteiger partial charge is 0.242 e. The number of phenols is 1. The molecule has 166 valence electrons. The number of nitrogens with two attached hydrogens (primary N) is 1. The number of benzene rings is 2. The Morgan fingerprint density at radius 1 is 0.871 bits per heavy atom. The molecule has 0 aliphatic rings. The van der Waals surface area contributed by atoms with Gasteiger partial charge in [-0.1, -0.05) is 42.5 Å². The van der Waals surface area contributed by atoms with Gasteiger partial charge in [-0.2, -0.15) is 0 Å². The Hall–Kier alpha value is -3.39. The summed E-state index contributed by atoms with van der Waals surface area (Å²) in [5.41, 5.74) is 7.73. The monoisotopic (exact) mass is 426 g/mol. The second-order valence-electron chi connectivity index (χ2n) is 7.36. The van der Waals surface area contributed by atoms with E-state index in [1.165, 1.54) is 6.92 Å². The molecule has 0 spiro atoms. The van der Waals surface area contributed by atoms with E-state index in [0.717, 1.165) is 11.1 Å². The number of rotatable bonds is 11. The molecule has 6 N–H and O–H groups in total. The van der Waals surface area contributed by atoms with E-state index in [1.54, 1.807) is 24.3 Å². The summed E-state index contributed by atoms with van der Waals surface area (Å²) in [7, 11) is 0. The molecule has 0 aliphatic heterocycles. The molecule has 0 saturated carbocycles. The molecular weight excluding hydrogens is 396 g/mol. The lowest BCUT2D eigenvalue weighted by molar-refractivity contribution is -0.128. The lowest BCUT2D eigenvalue weighted by Crippen LogP contribution is -2.48. The Morgan fingerprint density at radius 3 is 2.06 bits per heavy atom. The van der Waals surface area contributed by atoms with Gasteiger partial charge in [0, 0.05) is 26.4 Å². The van der Waals surface area contributed by atoms with Crippen molar-refractivity contribution >= 4 is 17.7 Å². The van der Waals surface area contributed by atoms with Crippen LogP contribution in [-0.4, -0.2) is 48.0 Å². The van der Waals surface area contributed by atoms with Crippen LogP contribution in [0.2, 0.25) is 0 Å². The molecule has 0 saturated heterocycles. The molecule has 0 heterocycles. The van der Waals surface area contributed by atoms with E-state index in [4.69, 9.17) is 5.73 Å². The third kappa shape index (κ3) is 8.88. The summed E-state index contributed by atoms with van der Waals surface area (Å²) in [5.74, 6) is -0.659. The molecule has 8 nitrogen and oxygen atoms in total. The molecule has 1 unspecified atom stereocenters. The van der Waals surface area contributed by atoms with Gasteiger partial charge in [0.1, 0.15) is 11.8 Å². The minimum Gasteiger partial charge on any atom is -0.508 e. The lowest BCUT2D eigenvalue weighted by Gasteiger charge is -2.18. The van der Waals surface area contributed by atoms with Crippen LogP contribution in [0.25, 0.3) is 0 Å². The molecular formula is C23H30N4O4. The van der Waals surface area contributed by atoms with Crippen molar-refractivity contribution in [3.8, 4) is 5.75 Å². The first-order valence-electron chi connectivity index (χ1n) is 10.2. The van der Waals surface area contributed by atoms with Crippen LogP contribution in [-0.2, 0) is 27.2 Å². The number of phenolic OH excluding ortho intramolecular Hbond substituents is 1. The fraction of sp³-hybridized carbons (Fsp3) is 0.348. The SMILES string of the molecule is CC(=O)N[C@@H](Cc1ccccc1)C(=O)NCCCNC(=O)C(N)Cc1ccc(O)cc1. The van der Waals surface area contributed by atoms with Crippen molar-refractivity contribution in [2.75, 3.05) is 13.1 Å². The second-order valence-corrected chi connectivity index (χ2v) is 7.36. The third-order valence-electron chi connectivity index (χ3n) is 4.66. The summed E-state index contributed by atoms with van der Waals surface area (Å²) in [4.78, 5) is 36.0. The van der Waals surface area contributed by atoms with E-state index < -0.39 is 12.1 Å². The van der Waals surface area contributed by atoms with Crippen molar-refractivity contribution in [3.63, 3.8) is 0 Å². The average molecular weight is 427 g/mol. The standard InChI is InChI=1S/C23H30N4O4/c1-16(28)27-21(15-17-6-3-2-4-7-17)23(31)26-13-5-12-25-22(30)20(24)14-18-8-10-19(29)11-9-18/h2-4,6-11,20-21,29H,5,12-15,24H2,1H3,(H,25,30)(H,26,31)(H,27,28)/t20?,21-/m0/s1. The van der Waals surface area contributed by atoms with E-state index in [-0.39, 0.29) is 23.5 Å². The van der Waals surface area contributed by atoms with Crippen LogP contribution in [0.4, 0.5) is 0 Å². The Balaban J connectivity index is 1.70. The molecule has 3 amide bonds. The van der Waals surface area contributed by atoms with Crippen molar-refractivity contribution in [3.05, 3.63) is 65.7 Å². The van der Waals surface area contributed by atoms with Crippen LogP contribution >= 0.6 is 0 Å². The Bertz CT molecular complexity index is 856. The fourth-order valence-electron chi connectivity index (χ4n) is 3.05. The highest BCUT2D eigenvalue weighted by atomic mass is 16.3. The van der Waals surface area contributed by atoms with Crippen LogP contribution in [0.1, 0.15) is 24.5 Å². The van der Waals surface area contributed by atoms with Gasteiger partial charge in [-0.15, -0.1) is 0 Å². The van der Waals surface area contributed by atoms with Crippen LogP contribution in [0, 0.1) is 0 Å². The van der Waals surface area contributed by atoms with E-state index >= 15 is 0 Å². The predicted octanol–water partition coefficient (Wildman–Crippen LogP) is 0.632. The first-order chi connectivity index (χ1) is 14.8. The molecule has 2 aromatic rings. The zero-order valence-electron chi connectivity index (χ0n) is 17.6. The summed E-state index contributed by atoms with van der Waals surface area (Å²) in [5, 5.41) is 17.5. The zero-order valence-corrected chi connectivity index (χ0v) is 17.6. The van der Waals surface area contributed by atoms with Crippen molar-refractivity contribution in [1.29, 1.82) is 0 Å². The molecule has 0 aromatic heterocycles. The van der Waals surface area contributed by atoms with Crippen molar-refractivity contribution < 1.29 is 19.5 Å². The molecule has 0 fully saturated rings. The van der Waals surface area contributed by atoms with Gasteiger partial charge >= 0.3 is 0 Å². The number of hydrogen-bond acceptors (Lipinski definition) is 5. The first-order valence-corrected chi connectivity index (χ1v) is 10.2. The van der Waals surface area contributed by atoms with Gasteiger partial charge in [0.2, 0.25) is 17.7 Å². The predicted molar refractivity (Wildman–Crippen MR) is 118 cm³/mol. The van der Waals surface area contributed by atoms with Crippen molar-refractivity contribution in [1.82, 2.24) is 16.0 Å². The second kappa shape index (κ2) is 12.3. The van der Waals surface area contributed by atoms with Gasteiger partial charge in [-0.05, 0) is 36.1 Å². The highest BCUT2D eigenvalue weighted by Crippen LogP contribution is 2.10. The Kier molecular flexibility index (Phi) is 9.51. The minimum absolute atomic E-state index is 0.160. The molecule has 2 aromatic carbocycles. The number of carbonyl (C=O) groups excluding carboxylic acids is 3. The molecule has 0 bridgehead atoms. The summed E-state index contributed by atoms with van der Waals surface area (Å²) in [6.45, 7) is 2.10. The molecule has 8 heteroatoms. The first kappa shape index (κ1) is 23.9. The molecule has 31 heavy (non-hydrogen) atoms. The number of hydrogen-bond donors (Lipinski definition) is 5. The summed E-state index contributed by atoms with van der Waals surface area (Å²) < 4.78 is 0. The van der Waals surface area contributed by atoms with Crippen LogP contribution < -0.4 is 21.7 Å². The van der Waals surface area contributed by atoms with Gasteiger partial charge in [-0.25, -0.2) is 0 Å². The summed E-state index contributed by atoms with van der Waals surface area (Å²) in [6, 6.07) is 14.6. The average Bonchev–Trinajstić information content (AvgIpc) is 2.74. The summed E-state index contributed by atoms with van der Waals surface area (Å²) in [6.07, 6.45) is 1.29. The topological polar surface area (TPSA) is 134 Å². The lowest BCUT2D eigenvalue weighted by atomic mass is 10.1. The van der Waals surface area contributed by atoms with Crippen LogP contribution in [0.3, 0.4) is 0 Å². The highest BCUT2D eigenvalue weighted by Gasteiger charge is 2.19. The van der Waals surface area contributed by atoms with Crippen LogP contribution in [0.5, 0.6) is 5.75 Å². The number of amides is 3. The van der Waals surface area contributed by atoms with E-state index in [0.29, 0.717) is 32.4 Å². The zero-order chi connectivity index (χ0) is 22.6. The van der Waals surface area contributed by atoms with Crippen molar-refractivity contribution in [2.45, 2.75) is 38.3 Å². The van der Waals surface area contributed by atoms with Gasteiger partial charge in [-0.3, -0.25) is 14.4 Å². The normalized spacial score (nSPS) is 12.5. The maximum Gasteiger partial charge on any atom is 0.242 e. The Labute approximate surface area is 182 Å². The van der Waals surface area contributed by atoms with Gasteiger partial charge < -0.3 is 26.8 Å². The highest BCUT2D eigenvalue weighted by molar-refractivity contribution is 5.87. The quantitative estimate of drug-likeness (QED) is 0.336. The van der Waals surface area contributed by atoms with Crippen molar-refractivity contribution in [2.24, 2.45) is 5.73 Å². The number of nitrogens with one attached hydrogen (secondary N) is 3. The third-order valence-corrected chi connectivity index (χ3v) is 4.66.